The first-order chi connectivity index (χ1) is 8.47. The SMILES string of the molecule is Cc1cc(CN2C(=O)CNC(=O)CC2C)n(C)n1. The summed E-state index contributed by atoms with van der Waals surface area (Å²) in [6.07, 6.45) is 0.350. The molecule has 98 valence electrons. The number of hydrogen-bond donors (Lipinski definition) is 1. The van der Waals surface area contributed by atoms with Gasteiger partial charge in [0.15, 0.2) is 0 Å². The third-order valence-electron chi connectivity index (χ3n) is 3.20. The van der Waals surface area contributed by atoms with Gasteiger partial charge in [-0.2, -0.15) is 5.10 Å². The van der Waals surface area contributed by atoms with Gasteiger partial charge in [-0.3, -0.25) is 14.3 Å². The Morgan fingerprint density at radius 3 is 2.83 bits per heavy atom. The van der Waals surface area contributed by atoms with Gasteiger partial charge in [-0.25, -0.2) is 0 Å². The Balaban J connectivity index is 2.18. The van der Waals surface area contributed by atoms with Crippen LogP contribution in [0.25, 0.3) is 0 Å². The second kappa shape index (κ2) is 4.80. The lowest BCUT2D eigenvalue weighted by molar-refractivity contribution is -0.132. The van der Waals surface area contributed by atoms with Gasteiger partial charge >= 0.3 is 0 Å². The van der Waals surface area contributed by atoms with E-state index in [1.807, 2.05) is 27.0 Å². The third-order valence-corrected chi connectivity index (χ3v) is 3.20. The van der Waals surface area contributed by atoms with E-state index in [0.717, 1.165) is 11.4 Å². The van der Waals surface area contributed by atoms with Gasteiger partial charge < -0.3 is 10.2 Å². The predicted octanol–water partition coefficient (Wildman–Crippen LogP) is -0.0345. The Kier molecular flexibility index (Phi) is 3.36. The lowest BCUT2D eigenvalue weighted by atomic mass is 10.2. The smallest absolute Gasteiger partial charge is 0.242 e. The molecule has 1 N–H and O–H groups in total. The van der Waals surface area contributed by atoms with Crippen molar-refractivity contribution in [3.63, 3.8) is 0 Å². The molecule has 0 saturated carbocycles. The summed E-state index contributed by atoms with van der Waals surface area (Å²) in [6.45, 7) is 4.39. The van der Waals surface area contributed by atoms with Crippen molar-refractivity contribution in [1.82, 2.24) is 20.0 Å². The highest BCUT2D eigenvalue weighted by atomic mass is 16.2. The van der Waals surface area contributed by atoms with Crippen LogP contribution in [0.5, 0.6) is 0 Å². The van der Waals surface area contributed by atoms with Crippen LogP contribution in [0.4, 0.5) is 0 Å². The first-order valence-electron chi connectivity index (χ1n) is 6.03. The van der Waals surface area contributed by atoms with E-state index in [1.165, 1.54) is 0 Å². The van der Waals surface area contributed by atoms with E-state index in [-0.39, 0.29) is 24.4 Å². The summed E-state index contributed by atoms with van der Waals surface area (Å²) < 4.78 is 1.77. The lowest BCUT2D eigenvalue weighted by Crippen LogP contribution is -2.39. The van der Waals surface area contributed by atoms with Gasteiger partial charge in [-0.1, -0.05) is 0 Å². The van der Waals surface area contributed by atoms with E-state index in [0.29, 0.717) is 13.0 Å². The first kappa shape index (κ1) is 12.6. The molecule has 1 saturated heterocycles. The number of aryl methyl sites for hydroxylation is 2. The van der Waals surface area contributed by atoms with Crippen LogP contribution in [0, 0.1) is 6.92 Å². The molecule has 1 atom stereocenters. The number of nitrogens with one attached hydrogen (secondary N) is 1. The highest BCUT2D eigenvalue weighted by Gasteiger charge is 2.27. The molecule has 6 heteroatoms. The minimum atomic E-state index is -0.0878. The normalized spacial score (nSPS) is 20.8. The Morgan fingerprint density at radius 1 is 1.50 bits per heavy atom. The molecule has 18 heavy (non-hydrogen) atoms. The van der Waals surface area contributed by atoms with Crippen LogP contribution < -0.4 is 5.32 Å². The minimum Gasteiger partial charge on any atom is -0.347 e. The molecule has 1 fully saturated rings. The predicted molar refractivity (Wildman–Crippen MR) is 65.6 cm³/mol. The van der Waals surface area contributed by atoms with Crippen LogP contribution in [0.1, 0.15) is 24.7 Å². The van der Waals surface area contributed by atoms with E-state index >= 15 is 0 Å². The molecule has 0 bridgehead atoms. The molecular weight excluding hydrogens is 232 g/mol. The number of aromatic nitrogens is 2. The van der Waals surface area contributed by atoms with E-state index in [2.05, 4.69) is 10.4 Å². The maximum absolute atomic E-state index is 12.0. The molecule has 1 aliphatic heterocycles. The summed E-state index contributed by atoms with van der Waals surface area (Å²) in [5.41, 5.74) is 1.90. The van der Waals surface area contributed by atoms with Crippen LogP contribution in [-0.2, 0) is 23.2 Å². The van der Waals surface area contributed by atoms with Gasteiger partial charge in [0, 0.05) is 19.5 Å². The van der Waals surface area contributed by atoms with Crippen LogP contribution in [0.3, 0.4) is 0 Å². The molecule has 1 unspecified atom stereocenters. The summed E-state index contributed by atoms with van der Waals surface area (Å²) in [5.74, 6) is -0.119. The van der Waals surface area contributed by atoms with E-state index in [9.17, 15) is 9.59 Å². The second-order valence-corrected chi connectivity index (χ2v) is 4.75. The molecule has 2 rings (SSSR count). The summed E-state index contributed by atoms with van der Waals surface area (Å²) >= 11 is 0. The fourth-order valence-electron chi connectivity index (χ4n) is 2.20. The Labute approximate surface area is 106 Å². The van der Waals surface area contributed by atoms with E-state index in [1.54, 1.807) is 9.58 Å². The summed E-state index contributed by atoms with van der Waals surface area (Å²) in [4.78, 5) is 25.1. The molecule has 0 radical (unpaired) electrons. The number of rotatable bonds is 2. The highest BCUT2D eigenvalue weighted by Crippen LogP contribution is 2.13. The Morgan fingerprint density at radius 2 is 2.22 bits per heavy atom. The average Bonchev–Trinajstić information content (AvgIpc) is 2.55. The summed E-state index contributed by atoms with van der Waals surface area (Å²) in [6, 6.07) is 1.87. The van der Waals surface area contributed by atoms with Gasteiger partial charge in [0.05, 0.1) is 24.5 Å². The van der Waals surface area contributed by atoms with Crippen LogP contribution >= 0.6 is 0 Å². The van der Waals surface area contributed by atoms with Crippen molar-refractivity contribution in [3.05, 3.63) is 17.5 Å². The monoisotopic (exact) mass is 250 g/mol. The largest absolute Gasteiger partial charge is 0.347 e. The van der Waals surface area contributed by atoms with E-state index in [4.69, 9.17) is 0 Å². The third kappa shape index (κ3) is 2.52. The molecule has 2 heterocycles. The van der Waals surface area contributed by atoms with Crippen LogP contribution in [-0.4, -0.2) is 39.1 Å². The van der Waals surface area contributed by atoms with Gasteiger partial charge in [-0.15, -0.1) is 0 Å². The molecule has 6 nitrogen and oxygen atoms in total. The highest BCUT2D eigenvalue weighted by molar-refractivity contribution is 5.87. The fourth-order valence-corrected chi connectivity index (χ4v) is 2.20. The van der Waals surface area contributed by atoms with Crippen molar-refractivity contribution < 1.29 is 9.59 Å². The minimum absolute atomic E-state index is 0.0489. The number of amides is 2. The zero-order valence-corrected chi connectivity index (χ0v) is 10.9. The van der Waals surface area contributed by atoms with Gasteiger partial charge in [-0.05, 0) is 19.9 Å². The molecule has 0 aromatic carbocycles. The van der Waals surface area contributed by atoms with Crippen LogP contribution in [0.15, 0.2) is 6.07 Å². The van der Waals surface area contributed by atoms with Crippen molar-refractivity contribution in [2.45, 2.75) is 32.9 Å². The van der Waals surface area contributed by atoms with Gasteiger partial charge in [0.1, 0.15) is 0 Å². The van der Waals surface area contributed by atoms with Crippen LogP contribution in [0.2, 0.25) is 0 Å². The van der Waals surface area contributed by atoms with Crippen molar-refractivity contribution in [3.8, 4) is 0 Å². The Hall–Kier alpha value is -1.85. The number of nitrogens with zero attached hydrogens (tertiary/aromatic N) is 3. The quantitative estimate of drug-likeness (QED) is 0.801. The topological polar surface area (TPSA) is 67.2 Å². The summed E-state index contributed by atoms with van der Waals surface area (Å²) in [5, 5.41) is 6.87. The molecule has 2 amide bonds. The molecule has 0 spiro atoms. The maximum Gasteiger partial charge on any atom is 0.242 e. The number of carbonyl (C=O) groups is 2. The molecule has 1 aromatic rings. The molecule has 1 aromatic heterocycles. The zero-order chi connectivity index (χ0) is 13.3. The Bertz CT molecular complexity index is 480. The van der Waals surface area contributed by atoms with Crippen molar-refractivity contribution >= 4 is 11.8 Å². The lowest BCUT2D eigenvalue weighted by Gasteiger charge is -2.26. The second-order valence-electron chi connectivity index (χ2n) is 4.75. The molecular formula is C12H18N4O2. The summed E-state index contributed by atoms with van der Waals surface area (Å²) in [7, 11) is 1.86. The fraction of sp³-hybridized carbons (Fsp3) is 0.583. The maximum atomic E-state index is 12.0. The number of hydrogen-bond acceptors (Lipinski definition) is 3. The van der Waals surface area contributed by atoms with Gasteiger partial charge in [0.2, 0.25) is 11.8 Å². The zero-order valence-electron chi connectivity index (χ0n) is 10.9. The first-order valence-corrected chi connectivity index (χ1v) is 6.03. The van der Waals surface area contributed by atoms with E-state index < -0.39 is 0 Å². The standard InChI is InChI=1S/C12H18N4O2/c1-8-4-10(15(3)14-8)7-16-9(2)5-11(17)13-6-12(16)18/h4,9H,5-7H2,1-3H3,(H,13,17). The average molecular weight is 250 g/mol. The van der Waals surface area contributed by atoms with Gasteiger partial charge in [0.25, 0.3) is 0 Å². The van der Waals surface area contributed by atoms with Crippen molar-refractivity contribution in [1.29, 1.82) is 0 Å². The number of carbonyl (C=O) groups excluding carboxylic acids is 2. The molecule has 0 aliphatic carbocycles. The molecule has 1 aliphatic rings. The van der Waals surface area contributed by atoms with Crippen molar-refractivity contribution in [2.24, 2.45) is 7.05 Å². The van der Waals surface area contributed by atoms with Crippen molar-refractivity contribution in [2.75, 3.05) is 6.54 Å².